The first-order chi connectivity index (χ1) is 14.0. The molecule has 1 aliphatic heterocycles. The summed E-state index contributed by atoms with van der Waals surface area (Å²) in [4.78, 5) is 17.1. The fraction of sp³-hybridized carbons (Fsp3) is 0.318. The van der Waals surface area contributed by atoms with Crippen molar-refractivity contribution in [1.82, 2.24) is 4.90 Å². The van der Waals surface area contributed by atoms with Gasteiger partial charge in [0, 0.05) is 37.3 Å². The van der Waals surface area contributed by atoms with Crippen molar-refractivity contribution >= 4 is 35.0 Å². The van der Waals surface area contributed by atoms with Gasteiger partial charge in [0.05, 0.1) is 18.5 Å². The molecule has 7 heteroatoms. The summed E-state index contributed by atoms with van der Waals surface area (Å²) in [5.74, 6) is -0.617. The fourth-order valence-corrected chi connectivity index (χ4v) is 3.49. The maximum atomic E-state index is 13.8. The Kier molecular flexibility index (Phi) is 7.12. The van der Waals surface area contributed by atoms with E-state index in [0.29, 0.717) is 16.3 Å². The number of nitrogens with one attached hydrogen (secondary N) is 1. The number of methoxy groups -OCH3 is 1. The molecule has 2 aromatic carbocycles. The predicted molar refractivity (Wildman–Crippen MR) is 116 cm³/mol. The van der Waals surface area contributed by atoms with E-state index in [4.69, 9.17) is 16.3 Å². The zero-order valence-corrected chi connectivity index (χ0v) is 17.4. The normalized spacial score (nSPS) is 15.0. The highest BCUT2D eigenvalue weighted by Crippen LogP contribution is 2.30. The summed E-state index contributed by atoms with van der Waals surface area (Å²) < 4.78 is 18.7. The minimum atomic E-state index is -0.474. The lowest BCUT2D eigenvalue weighted by atomic mass is 10.2. The second-order valence-electron chi connectivity index (χ2n) is 6.80. The van der Waals surface area contributed by atoms with Crippen molar-refractivity contribution in [2.45, 2.75) is 6.92 Å². The average molecular weight is 418 g/mol. The van der Waals surface area contributed by atoms with Crippen LogP contribution in [0.25, 0.3) is 6.08 Å². The molecule has 0 saturated carbocycles. The van der Waals surface area contributed by atoms with E-state index in [9.17, 15) is 9.18 Å². The number of anilines is 2. The average Bonchev–Trinajstić information content (AvgIpc) is 2.73. The largest absolute Gasteiger partial charge is 0.494 e. The van der Waals surface area contributed by atoms with Gasteiger partial charge in [-0.05, 0) is 48.5 Å². The Morgan fingerprint density at radius 3 is 2.62 bits per heavy atom. The summed E-state index contributed by atoms with van der Waals surface area (Å²) in [5, 5.41) is 3.45. The smallest absolute Gasteiger partial charge is 0.248 e. The number of ether oxygens (including phenoxy) is 1. The molecule has 0 spiro atoms. The van der Waals surface area contributed by atoms with Crippen LogP contribution in [-0.4, -0.2) is 50.6 Å². The van der Waals surface area contributed by atoms with Gasteiger partial charge in [-0.15, -0.1) is 0 Å². The molecule has 154 valence electrons. The molecular formula is C22H25ClFN3O2. The van der Waals surface area contributed by atoms with Crippen LogP contribution in [0.4, 0.5) is 15.8 Å². The molecule has 29 heavy (non-hydrogen) atoms. The van der Waals surface area contributed by atoms with Crippen molar-refractivity contribution in [2.75, 3.05) is 50.1 Å². The molecule has 0 bridgehead atoms. The number of amides is 1. The lowest BCUT2D eigenvalue weighted by Gasteiger charge is -2.36. The molecule has 1 aliphatic rings. The van der Waals surface area contributed by atoms with Crippen molar-refractivity contribution < 1.29 is 13.9 Å². The van der Waals surface area contributed by atoms with Crippen LogP contribution in [0.2, 0.25) is 5.02 Å². The molecule has 2 aromatic rings. The van der Waals surface area contributed by atoms with E-state index in [2.05, 4.69) is 22.0 Å². The van der Waals surface area contributed by atoms with Gasteiger partial charge >= 0.3 is 0 Å². The number of nitrogens with zero attached hydrogens (tertiary/aromatic N) is 2. The summed E-state index contributed by atoms with van der Waals surface area (Å²) in [6, 6.07) is 10.0. The first-order valence-corrected chi connectivity index (χ1v) is 9.97. The maximum Gasteiger partial charge on any atom is 0.248 e. The predicted octanol–water partition coefficient (Wildman–Crippen LogP) is 4.28. The van der Waals surface area contributed by atoms with Crippen LogP contribution in [0.1, 0.15) is 12.5 Å². The highest BCUT2D eigenvalue weighted by atomic mass is 35.5. The Bertz CT molecular complexity index is 896. The van der Waals surface area contributed by atoms with Gasteiger partial charge < -0.3 is 19.9 Å². The first kappa shape index (κ1) is 21.1. The van der Waals surface area contributed by atoms with Crippen molar-refractivity contribution in [3.63, 3.8) is 0 Å². The van der Waals surface area contributed by atoms with E-state index < -0.39 is 5.82 Å². The lowest BCUT2D eigenvalue weighted by Crippen LogP contribution is -2.46. The Hall–Kier alpha value is -2.57. The van der Waals surface area contributed by atoms with E-state index in [-0.39, 0.29) is 11.7 Å². The molecule has 1 amide bonds. The Morgan fingerprint density at radius 1 is 1.21 bits per heavy atom. The molecule has 0 atom stereocenters. The second-order valence-corrected chi connectivity index (χ2v) is 7.24. The van der Waals surface area contributed by atoms with Crippen molar-refractivity contribution in [2.24, 2.45) is 0 Å². The minimum absolute atomic E-state index is 0.165. The summed E-state index contributed by atoms with van der Waals surface area (Å²) in [6.07, 6.45) is 2.93. The number of hydrogen-bond donors (Lipinski definition) is 1. The topological polar surface area (TPSA) is 44.8 Å². The SMILES string of the molecule is CCN1CCN(c2ccc(Cl)cc2NC(=O)/C=C/c2ccc(OC)c(F)c2)CC1. The van der Waals surface area contributed by atoms with E-state index in [0.717, 1.165) is 38.4 Å². The third kappa shape index (κ3) is 5.49. The minimum Gasteiger partial charge on any atom is -0.494 e. The number of hydrogen-bond acceptors (Lipinski definition) is 4. The van der Waals surface area contributed by atoms with Crippen LogP contribution in [0.5, 0.6) is 5.75 Å². The molecule has 5 nitrogen and oxygen atoms in total. The van der Waals surface area contributed by atoms with Gasteiger partial charge in [-0.3, -0.25) is 4.79 Å². The number of carbonyl (C=O) groups is 1. The summed E-state index contributed by atoms with van der Waals surface area (Å²) >= 11 is 6.15. The number of carbonyl (C=O) groups excluding carboxylic acids is 1. The number of rotatable bonds is 6. The van der Waals surface area contributed by atoms with Crippen molar-refractivity contribution in [3.8, 4) is 5.75 Å². The van der Waals surface area contributed by atoms with E-state index in [1.165, 1.54) is 25.3 Å². The molecule has 1 saturated heterocycles. The van der Waals surface area contributed by atoms with Gasteiger partial charge in [0.15, 0.2) is 11.6 Å². The Labute approximate surface area is 175 Å². The number of likely N-dealkylation sites (N-methyl/N-ethyl adjacent to an activating group) is 1. The Balaban J connectivity index is 1.71. The molecule has 1 N–H and O–H groups in total. The molecule has 1 fully saturated rings. The molecule has 0 unspecified atom stereocenters. The second kappa shape index (κ2) is 9.76. The molecule has 1 heterocycles. The molecule has 0 aliphatic carbocycles. The van der Waals surface area contributed by atoms with Crippen LogP contribution in [0.15, 0.2) is 42.5 Å². The van der Waals surface area contributed by atoms with E-state index >= 15 is 0 Å². The highest BCUT2D eigenvalue weighted by molar-refractivity contribution is 6.31. The van der Waals surface area contributed by atoms with Crippen LogP contribution in [0, 0.1) is 5.82 Å². The summed E-state index contributed by atoms with van der Waals surface area (Å²) in [5.41, 5.74) is 2.18. The van der Waals surface area contributed by atoms with Gasteiger partial charge in [0.2, 0.25) is 5.91 Å². The first-order valence-electron chi connectivity index (χ1n) is 9.59. The fourth-order valence-electron chi connectivity index (χ4n) is 3.32. The third-order valence-corrected chi connectivity index (χ3v) is 5.21. The summed E-state index contributed by atoms with van der Waals surface area (Å²) in [7, 11) is 1.41. The third-order valence-electron chi connectivity index (χ3n) is 4.98. The van der Waals surface area contributed by atoms with Gasteiger partial charge in [-0.2, -0.15) is 0 Å². The molecule has 3 rings (SSSR count). The van der Waals surface area contributed by atoms with E-state index in [1.807, 2.05) is 12.1 Å². The zero-order valence-electron chi connectivity index (χ0n) is 16.6. The van der Waals surface area contributed by atoms with Crippen LogP contribution < -0.4 is 15.0 Å². The van der Waals surface area contributed by atoms with Crippen molar-refractivity contribution in [3.05, 3.63) is 58.9 Å². The Morgan fingerprint density at radius 2 is 1.97 bits per heavy atom. The maximum absolute atomic E-state index is 13.8. The molecule has 0 radical (unpaired) electrons. The van der Waals surface area contributed by atoms with E-state index in [1.54, 1.807) is 18.2 Å². The lowest BCUT2D eigenvalue weighted by molar-refractivity contribution is -0.111. The highest BCUT2D eigenvalue weighted by Gasteiger charge is 2.19. The van der Waals surface area contributed by atoms with Gasteiger partial charge in [-0.25, -0.2) is 4.39 Å². The quantitative estimate of drug-likeness (QED) is 0.712. The van der Waals surface area contributed by atoms with Crippen LogP contribution in [-0.2, 0) is 4.79 Å². The molecular weight excluding hydrogens is 393 g/mol. The summed E-state index contributed by atoms with van der Waals surface area (Å²) in [6.45, 7) is 6.93. The number of halogens is 2. The standard InChI is InChI=1S/C22H25ClFN3O2/c1-3-26-10-12-27(13-11-26)20-7-6-17(23)15-19(20)25-22(28)9-5-16-4-8-21(29-2)18(24)14-16/h4-9,14-15H,3,10-13H2,1-2H3,(H,25,28)/b9-5+. The zero-order chi connectivity index (χ0) is 20.8. The monoisotopic (exact) mass is 417 g/mol. The van der Waals surface area contributed by atoms with Gasteiger partial charge in [0.25, 0.3) is 0 Å². The number of piperazine rings is 1. The van der Waals surface area contributed by atoms with Crippen LogP contribution >= 0.6 is 11.6 Å². The molecule has 0 aromatic heterocycles. The van der Waals surface area contributed by atoms with Crippen LogP contribution in [0.3, 0.4) is 0 Å². The van der Waals surface area contributed by atoms with Gasteiger partial charge in [-0.1, -0.05) is 24.6 Å². The number of benzene rings is 2. The van der Waals surface area contributed by atoms with Crippen molar-refractivity contribution in [1.29, 1.82) is 0 Å². The van der Waals surface area contributed by atoms with Gasteiger partial charge in [0.1, 0.15) is 0 Å².